The lowest BCUT2D eigenvalue weighted by Crippen LogP contribution is -2.50. The fraction of sp³-hybridized carbons (Fsp3) is 1.00. The Morgan fingerprint density at radius 3 is 0.545 bits per heavy atom. The van der Waals surface area contributed by atoms with Crippen molar-refractivity contribution in [3.8, 4) is 0 Å². The van der Waals surface area contributed by atoms with E-state index in [1.54, 1.807) is 0 Å². The molecule has 266 valence electrons. The highest BCUT2D eigenvalue weighted by Crippen LogP contribution is 2.21. The topological polar surface area (TPSA) is 0 Å². The van der Waals surface area contributed by atoms with E-state index in [1.807, 2.05) is 0 Å². The van der Waals surface area contributed by atoms with Crippen molar-refractivity contribution in [2.24, 2.45) is 0 Å². The van der Waals surface area contributed by atoms with Crippen LogP contribution in [0.3, 0.4) is 0 Å². The van der Waals surface area contributed by atoms with Crippen LogP contribution < -0.4 is 0 Å². The molecule has 0 atom stereocenters. The van der Waals surface area contributed by atoms with Crippen LogP contribution in [0.25, 0.3) is 0 Å². The maximum absolute atomic E-state index is 2.42. The van der Waals surface area contributed by atoms with Crippen LogP contribution in [0.5, 0.6) is 0 Å². The van der Waals surface area contributed by atoms with Gasteiger partial charge in [-0.2, -0.15) is 0 Å². The summed E-state index contributed by atoms with van der Waals surface area (Å²) < 4.78 is 1.47. The number of quaternary nitrogens is 1. The molecule has 0 aromatic carbocycles. The predicted octanol–water partition coefficient (Wildman–Crippen LogP) is 15.5. The Balaban J connectivity index is 4.46. The van der Waals surface area contributed by atoms with Crippen molar-refractivity contribution in [3.63, 3.8) is 0 Å². The molecule has 1 nitrogen and oxygen atoms in total. The molecule has 44 heavy (non-hydrogen) atoms. The number of nitrogens with zero attached hydrogens (tertiary/aromatic N) is 1. The van der Waals surface area contributed by atoms with Crippen molar-refractivity contribution in [3.05, 3.63) is 0 Å². The summed E-state index contributed by atoms with van der Waals surface area (Å²) >= 11 is 0. The van der Waals surface area contributed by atoms with Crippen molar-refractivity contribution in [2.45, 2.75) is 252 Å². The lowest BCUT2D eigenvalue weighted by Gasteiger charge is -2.39. The molecule has 0 radical (unpaired) electrons. The summed E-state index contributed by atoms with van der Waals surface area (Å²) in [6.07, 6.45) is 51.2. The van der Waals surface area contributed by atoms with E-state index >= 15 is 0 Å². The Morgan fingerprint density at radius 1 is 0.182 bits per heavy atom. The van der Waals surface area contributed by atoms with Crippen LogP contribution in [0.2, 0.25) is 0 Å². The van der Waals surface area contributed by atoms with Gasteiger partial charge in [-0.1, -0.05) is 207 Å². The van der Waals surface area contributed by atoms with Gasteiger partial charge in [0.05, 0.1) is 26.2 Å². The third-order valence-electron chi connectivity index (χ3n) is 10.7. The summed E-state index contributed by atoms with van der Waals surface area (Å²) in [6, 6.07) is 0. The normalized spacial score (nSPS) is 12.0. The molecule has 0 saturated carbocycles. The van der Waals surface area contributed by atoms with Crippen molar-refractivity contribution in [2.75, 3.05) is 26.2 Å². The van der Waals surface area contributed by atoms with Crippen molar-refractivity contribution >= 4 is 0 Å². The van der Waals surface area contributed by atoms with Gasteiger partial charge in [-0.25, -0.2) is 0 Å². The van der Waals surface area contributed by atoms with E-state index in [4.69, 9.17) is 0 Å². The van der Waals surface area contributed by atoms with E-state index in [9.17, 15) is 0 Å². The maximum atomic E-state index is 2.42. The monoisotopic (exact) mass is 621 g/mol. The van der Waals surface area contributed by atoms with Gasteiger partial charge in [-0.15, -0.1) is 0 Å². The van der Waals surface area contributed by atoms with Crippen molar-refractivity contribution in [1.82, 2.24) is 0 Å². The number of hydrogen-bond donors (Lipinski definition) is 0. The molecule has 0 amide bonds. The summed E-state index contributed by atoms with van der Waals surface area (Å²) in [6.45, 7) is 15.3. The highest BCUT2D eigenvalue weighted by molar-refractivity contribution is 4.55. The molecule has 0 rings (SSSR count). The minimum Gasteiger partial charge on any atom is -0.324 e. The first-order chi connectivity index (χ1) is 21.7. The second-order valence-electron chi connectivity index (χ2n) is 15.2. The van der Waals surface area contributed by atoms with Crippen LogP contribution >= 0.6 is 0 Å². The first kappa shape index (κ1) is 44.0. The standard InChI is InChI=1S/C43H90N/c1-5-9-13-16-19-22-25-28-31-34-37-41-44(40-12-8-4,42-38-35-32-29-26-23-20-17-14-10-6-2)43-39-36-33-30-27-24-21-18-15-11-7-3/h5-43H2,1-4H3/q+1. The van der Waals surface area contributed by atoms with Crippen LogP contribution in [-0.2, 0) is 0 Å². The van der Waals surface area contributed by atoms with Crippen LogP contribution in [0.4, 0.5) is 0 Å². The molecule has 0 N–H and O–H groups in total. The molecular formula is C43H90N+. The summed E-state index contributed by atoms with van der Waals surface area (Å²) in [7, 11) is 0. The third kappa shape index (κ3) is 31.9. The van der Waals surface area contributed by atoms with Gasteiger partial charge in [0, 0.05) is 0 Å². The van der Waals surface area contributed by atoms with Crippen LogP contribution in [0, 0.1) is 0 Å². The molecule has 0 aliphatic rings. The zero-order chi connectivity index (χ0) is 32.1. The molecule has 0 bridgehead atoms. The average molecular weight is 621 g/mol. The van der Waals surface area contributed by atoms with Gasteiger partial charge >= 0.3 is 0 Å². The number of unbranched alkanes of at least 4 members (excludes halogenated alkanes) is 31. The molecule has 0 aliphatic carbocycles. The van der Waals surface area contributed by atoms with E-state index in [-0.39, 0.29) is 0 Å². The summed E-state index contributed by atoms with van der Waals surface area (Å²) in [5.74, 6) is 0. The fourth-order valence-corrected chi connectivity index (χ4v) is 7.50. The van der Waals surface area contributed by atoms with Gasteiger partial charge in [0.15, 0.2) is 0 Å². The van der Waals surface area contributed by atoms with Gasteiger partial charge in [-0.3, -0.25) is 0 Å². The summed E-state index contributed by atoms with van der Waals surface area (Å²) in [5, 5.41) is 0. The Morgan fingerprint density at radius 2 is 0.341 bits per heavy atom. The van der Waals surface area contributed by atoms with E-state index in [0.29, 0.717) is 0 Å². The predicted molar refractivity (Wildman–Crippen MR) is 204 cm³/mol. The van der Waals surface area contributed by atoms with Gasteiger partial charge in [-0.05, 0) is 44.9 Å². The second-order valence-corrected chi connectivity index (χ2v) is 15.2. The van der Waals surface area contributed by atoms with E-state index in [1.165, 1.54) is 255 Å². The van der Waals surface area contributed by atoms with E-state index in [2.05, 4.69) is 27.7 Å². The lowest BCUT2D eigenvalue weighted by atomic mass is 10.0. The SMILES string of the molecule is CCCCCCCCCCCCC[N+](CCCC)(CCCCCCCCCCCCC)CCCCCCCCCCCCC. The summed E-state index contributed by atoms with van der Waals surface area (Å²) in [5.41, 5.74) is 0. The van der Waals surface area contributed by atoms with E-state index in [0.717, 1.165) is 0 Å². The Labute approximate surface area is 282 Å². The van der Waals surface area contributed by atoms with Crippen LogP contribution in [0.15, 0.2) is 0 Å². The van der Waals surface area contributed by atoms with Crippen LogP contribution in [-0.4, -0.2) is 30.7 Å². The first-order valence-corrected chi connectivity index (χ1v) is 21.6. The quantitative estimate of drug-likeness (QED) is 0.0473. The second kappa shape index (κ2) is 37.4. The molecule has 0 unspecified atom stereocenters. The Hall–Kier alpha value is -0.0400. The number of rotatable bonds is 39. The average Bonchev–Trinajstić information content (AvgIpc) is 3.04. The zero-order valence-electron chi connectivity index (χ0n) is 32.0. The molecule has 0 heterocycles. The smallest absolute Gasteiger partial charge is 0.0786 e. The van der Waals surface area contributed by atoms with Crippen molar-refractivity contribution < 1.29 is 4.48 Å². The van der Waals surface area contributed by atoms with Gasteiger partial charge < -0.3 is 4.48 Å². The fourth-order valence-electron chi connectivity index (χ4n) is 7.50. The van der Waals surface area contributed by atoms with Gasteiger partial charge in [0.1, 0.15) is 0 Å². The van der Waals surface area contributed by atoms with Gasteiger partial charge in [0.25, 0.3) is 0 Å². The molecule has 0 saturated heterocycles. The Bertz CT molecular complexity index is 435. The number of hydrogen-bond acceptors (Lipinski definition) is 0. The van der Waals surface area contributed by atoms with E-state index < -0.39 is 0 Å². The maximum Gasteiger partial charge on any atom is 0.0786 e. The largest absolute Gasteiger partial charge is 0.324 e. The van der Waals surface area contributed by atoms with Crippen LogP contribution in [0.1, 0.15) is 252 Å². The molecule has 0 aromatic rings. The molecule has 0 fully saturated rings. The molecule has 0 aliphatic heterocycles. The minimum absolute atomic E-state index is 1.37. The molecule has 1 heteroatoms. The highest BCUT2D eigenvalue weighted by Gasteiger charge is 2.25. The Kier molecular flexibility index (Phi) is 37.4. The molecule has 0 spiro atoms. The third-order valence-corrected chi connectivity index (χ3v) is 10.7. The molecule has 0 aromatic heterocycles. The van der Waals surface area contributed by atoms with Gasteiger partial charge in [0.2, 0.25) is 0 Å². The zero-order valence-corrected chi connectivity index (χ0v) is 32.0. The minimum atomic E-state index is 1.37. The first-order valence-electron chi connectivity index (χ1n) is 21.6. The van der Waals surface area contributed by atoms with Crippen molar-refractivity contribution in [1.29, 1.82) is 0 Å². The lowest BCUT2D eigenvalue weighted by molar-refractivity contribution is -0.929. The summed E-state index contributed by atoms with van der Waals surface area (Å²) in [4.78, 5) is 0. The molecular weight excluding hydrogens is 530 g/mol. The highest BCUT2D eigenvalue weighted by atomic mass is 15.3.